The minimum absolute atomic E-state index is 0.0525. The molecule has 1 N–H and O–H groups in total. The van der Waals surface area contributed by atoms with E-state index in [0.717, 1.165) is 21.5 Å². The van der Waals surface area contributed by atoms with Gasteiger partial charge in [-0.15, -0.1) is 11.3 Å². The smallest absolute Gasteiger partial charge is 0.252 e. The molecule has 0 radical (unpaired) electrons. The molecule has 0 aliphatic carbocycles. The molecule has 1 amide bonds. The minimum atomic E-state index is 0.0525. The predicted octanol–water partition coefficient (Wildman–Crippen LogP) is 3.13. The highest BCUT2D eigenvalue weighted by atomic mass is 79.9. The first-order valence-electron chi connectivity index (χ1n) is 4.81. The Kier molecular flexibility index (Phi) is 3.74. The summed E-state index contributed by atoms with van der Waals surface area (Å²) in [6.07, 6.45) is 1.09. The predicted molar refractivity (Wildman–Crippen MR) is 69.8 cm³/mol. The van der Waals surface area contributed by atoms with Crippen LogP contribution in [0.4, 0.5) is 0 Å². The Morgan fingerprint density at radius 2 is 2.47 bits per heavy atom. The molecule has 1 aliphatic heterocycles. The van der Waals surface area contributed by atoms with Crippen molar-refractivity contribution in [2.45, 2.75) is 24.6 Å². The van der Waals surface area contributed by atoms with Gasteiger partial charge < -0.3 is 5.32 Å². The molecule has 1 aromatic rings. The van der Waals surface area contributed by atoms with Crippen LogP contribution in [0.1, 0.15) is 23.7 Å². The van der Waals surface area contributed by atoms with Gasteiger partial charge in [0.15, 0.2) is 0 Å². The van der Waals surface area contributed by atoms with Crippen LogP contribution in [0, 0.1) is 0 Å². The topological polar surface area (TPSA) is 29.1 Å². The zero-order valence-corrected chi connectivity index (χ0v) is 11.5. The second-order valence-corrected chi connectivity index (χ2v) is 7.45. The van der Waals surface area contributed by atoms with E-state index in [1.807, 2.05) is 23.2 Å². The summed E-state index contributed by atoms with van der Waals surface area (Å²) in [7, 11) is 0. The second kappa shape index (κ2) is 4.89. The molecule has 1 aromatic heterocycles. The highest BCUT2D eigenvalue weighted by molar-refractivity contribution is 9.11. The first-order chi connectivity index (χ1) is 7.15. The first kappa shape index (κ1) is 11.5. The standard InChI is InChI=1S/C10H12BrNOS2/c1-6-2-8(5-14-6)12-10(13)7-3-9(11)15-4-7/h3-4,6,8H,2,5H2,1H3,(H,12,13). The molecule has 0 saturated carbocycles. The van der Waals surface area contributed by atoms with Gasteiger partial charge in [-0.05, 0) is 28.4 Å². The van der Waals surface area contributed by atoms with Crippen molar-refractivity contribution in [1.82, 2.24) is 5.32 Å². The summed E-state index contributed by atoms with van der Waals surface area (Å²) in [6, 6.07) is 2.21. The van der Waals surface area contributed by atoms with Crippen LogP contribution in [-0.4, -0.2) is 23.0 Å². The van der Waals surface area contributed by atoms with Gasteiger partial charge in [-0.25, -0.2) is 0 Å². The molecule has 0 bridgehead atoms. The van der Waals surface area contributed by atoms with E-state index >= 15 is 0 Å². The third kappa shape index (κ3) is 2.98. The number of nitrogens with one attached hydrogen (secondary N) is 1. The molecule has 5 heteroatoms. The summed E-state index contributed by atoms with van der Waals surface area (Å²) in [6.45, 7) is 2.21. The Morgan fingerprint density at radius 1 is 1.67 bits per heavy atom. The number of thioether (sulfide) groups is 1. The van der Waals surface area contributed by atoms with Crippen molar-refractivity contribution in [2.24, 2.45) is 0 Å². The van der Waals surface area contributed by atoms with Gasteiger partial charge in [0.1, 0.15) is 0 Å². The molecule has 1 aliphatic rings. The third-order valence-electron chi connectivity index (χ3n) is 2.36. The van der Waals surface area contributed by atoms with Crippen LogP contribution in [0.2, 0.25) is 0 Å². The highest BCUT2D eigenvalue weighted by Gasteiger charge is 2.23. The maximum atomic E-state index is 11.8. The fraction of sp³-hybridized carbons (Fsp3) is 0.500. The Bertz CT molecular complexity index is 366. The minimum Gasteiger partial charge on any atom is -0.348 e. The quantitative estimate of drug-likeness (QED) is 0.909. The Hall–Kier alpha value is -0.000000000000000111. The number of halogens is 1. The van der Waals surface area contributed by atoms with Gasteiger partial charge in [-0.3, -0.25) is 4.79 Å². The number of carbonyl (C=O) groups is 1. The Balaban J connectivity index is 1.92. The van der Waals surface area contributed by atoms with Crippen LogP contribution in [0.3, 0.4) is 0 Å². The number of thiophene rings is 1. The number of hydrogen-bond acceptors (Lipinski definition) is 3. The molecule has 2 unspecified atom stereocenters. The summed E-state index contributed by atoms with van der Waals surface area (Å²) in [5.41, 5.74) is 0.761. The molecule has 2 nitrogen and oxygen atoms in total. The van der Waals surface area contributed by atoms with Crippen molar-refractivity contribution < 1.29 is 4.79 Å². The van der Waals surface area contributed by atoms with Gasteiger partial charge in [-0.1, -0.05) is 6.92 Å². The van der Waals surface area contributed by atoms with Crippen molar-refractivity contribution in [3.05, 3.63) is 20.8 Å². The molecule has 1 saturated heterocycles. The van der Waals surface area contributed by atoms with E-state index < -0.39 is 0 Å². The number of amides is 1. The SMILES string of the molecule is CC1CC(NC(=O)c2csc(Br)c2)CS1. The summed E-state index contributed by atoms with van der Waals surface area (Å²) >= 11 is 6.83. The average Bonchev–Trinajstić information content (AvgIpc) is 2.75. The molecule has 15 heavy (non-hydrogen) atoms. The number of hydrogen-bond donors (Lipinski definition) is 1. The van der Waals surface area contributed by atoms with Crippen LogP contribution in [-0.2, 0) is 0 Å². The zero-order valence-electron chi connectivity index (χ0n) is 8.33. The largest absolute Gasteiger partial charge is 0.348 e. The molecule has 0 spiro atoms. The second-order valence-electron chi connectivity index (χ2n) is 3.69. The van der Waals surface area contributed by atoms with Crippen molar-refractivity contribution in [3.63, 3.8) is 0 Å². The van der Waals surface area contributed by atoms with Crippen molar-refractivity contribution in [3.8, 4) is 0 Å². The van der Waals surface area contributed by atoms with Gasteiger partial charge in [0.25, 0.3) is 5.91 Å². The van der Waals surface area contributed by atoms with E-state index in [1.165, 1.54) is 0 Å². The maximum Gasteiger partial charge on any atom is 0.252 e. The maximum absolute atomic E-state index is 11.8. The normalized spacial score (nSPS) is 25.5. The molecule has 2 heterocycles. The number of carbonyl (C=O) groups excluding carboxylic acids is 1. The molecule has 2 rings (SSSR count). The van der Waals surface area contributed by atoms with E-state index in [2.05, 4.69) is 28.2 Å². The van der Waals surface area contributed by atoms with Gasteiger partial charge >= 0.3 is 0 Å². The molecule has 2 atom stereocenters. The number of rotatable bonds is 2. The van der Waals surface area contributed by atoms with E-state index in [-0.39, 0.29) is 5.91 Å². The van der Waals surface area contributed by atoms with E-state index in [4.69, 9.17) is 0 Å². The first-order valence-corrected chi connectivity index (χ1v) is 7.54. The molecule has 0 aromatic carbocycles. The van der Waals surface area contributed by atoms with Crippen LogP contribution in [0.15, 0.2) is 15.2 Å². The Labute approximate surface area is 106 Å². The summed E-state index contributed by atoms with van der Waals surface area (Å²) < 4.78 is 1.00. The van der Waals surface area contributed by atoms with E-state index in [1.54, 1.807) is 11.3 Å². The fourth-order valence-corrected chi connectivity index (χ4v) is 3.90. The Morgan fingerprint density at radius 3 is 3.00 bits per heavy atom. The van der Waals surface area contributed by atoms with E-state index in [9.17, 15) is 4.79 Å². The van der Waals surface area contributed by atoms with Gasteiger partial charge in [0.2, 0.25) is 0 Å². The fourth-order valence-electron chi connectivity index (χ4n) is 1.62. The molecule has 1 fully saturated rings. The summed E-state index contributed by atoms with van der Waals surface area (Å²) in [4.78, 5) is 11.8. The zero-order chi connectivity index (χ0) is 10.8. The molecule has 82 valence electrons. The van der Waals surface area contributed by atoms with Gasteiger partial charge in [-0.2, -0.15) is 11.8 Å². The lowest BCUT2D eigenvalue weighted by molar-refractivity contribution is 0.0941. The average molecular weight is 306 g/mol. The lowest BCUT2D eigenvalue weighted by atomic mass is 10.2. The van der Waals surface area contributed by atoms with Crippen LogP contribution < -0.4 is 5.32 Å². The highest BCUT2D eigenvalue weighted by Crippen LogP contribution is 2.26. The van der Waals surface area contributed by atoms with Gasteiger partial charge in [0.05, 0.1) is 9.35 Å². The molecular formula is C10H12BrNOS2. The molecular weight excluding hydrogens is 294 g/mol. The third-order valence-corrected chi connectivity index (χ3v) is 5.22. The van der Waals surface area contributed by atoms with Crippen molar-refractivity contribution in [1.29, 1.82) is 0 Å². The van der Waals surface area contributed by atoms with Crippen molar-refractivity contribution in [2.75, 3.05) is 5.75 Å². The van der Waals surface area contributed by atoms with Crippen LogP contribution in [0.5, 0.6) is 0 Å². The van der Waals surface area contributed by atoms with Gasteiger partial charge in [0, 0.05) is 22.4 Å². The monoisotopic (exact) mass is 305 g/mol. The van der Waals surface area contributed by atoms with Crippen molar-refractivity contribution >= 4 is 44.9 Å². The van der Waals surface area contributed by atoms with E-state index in [0.29, 0.717) is 11.3 Å². The van der Waals surface area contributed by atoms with Crippen LogP contribution in [0.25, 0.3) is 0 Å². The summed E-state index contributed by atoms with van der Waals surface area (Å²) in [5, 5.41) is 5.62. The lowest BCUT2D eigenvalue weighted by Gasteiger charge is -2.10. The summed E-state index contributed by atoms with van der Waals surface area (Å²) in [5.74, 6) is 1.09. The lowest BCUT2D eigenvalue weighted by Crippen LogP contribution is -2.34. The van der Waals surface area contributed by atoms with Crippen LogP contribution >= 0.6 is 39.0 Å².